The quantitative estimate of drug-likeness (QED) is 0.832. The van der Waals surface area contributed by atoms with Gasteiger partial charge in [0, 0.05) is 23.9 Å². The van der Waals surface area contributed by atoms with E-state index in [1.165, 1.54) is 6.26 Å². The summed E-state index contributed by atoms with van der Waals surface area (Å²) in [6.45, 7) is 0. The number of carbonyl (C=O) groups is 1. The summed E-state index contributed by atoms with van der Waals surface area (Å²) in [6.07, 6.45) is 4.11. The van der Waals surface area contributed by atoms with Crippen molar-refractivity contribution in [3.05, 3.63) is 35.4 Å². The van der Waals surface area contributed by atoms with Crippen LogP contribution in [-0.4, -0.2) is 42.8 Å². The van der Waals surface area contributed by atoms with Crippen LogP contribution in [0.1, 0.15) is 41.6 Å². The molecule has 116 valence electrons. The van der Waals surface area contributed by atoms with Crippen LogP contribution in [0.4, 0.5) is 0 Å². The lowest BCUT2D eigenvalue weighted by atomic mass is 10.0. The van der Waals surface area contributed by atoms with Gasteiger partial charge < -0.3 is 4.90 Å². The maximum atomic E-state index is 12.7. The first kappa shape index (κ1) is 15.0. The van der Waals surface area contributed by atoms with E-state index in [4.69, 9.17) is 5.26 Å². The summed E-state index contributed by atoms with van der Waals surface area (Å²) in [7, 11) is -3.05. The van der Waals surface area contributed by atoms with E-state index in [9.17, 15) is 13.2 Å². The fourth-order valence-electron chi connectivity index (χ4n) is 3.64. The molecule has 3 rings (SSSR count). The molecule has 0 N–H and O–H groups in total. The lowest BCUT2D eigenvalue weighted by Gasteiger charge is -2.38. The molecule has 2 bridgehead atoms. The molecule has 2 heterocycles. The van der Waals surface area contributed by atoms with Crippen molar-refractivity contribution in [2.24, 2.45) is 0 Å². The fourth-order valence-corrected chi connectivity index (χ4v) is 4.79. The molecule has 5 nitrogen and oxygen atoms in total. The van der Waals surface area contributed by atoms with Crippen molar-refractivity contribution in [1.82, 2.24) is 4.90 Å². The lowest BCUT2D eigenvalue weighted by molar-refractivity contribution is 0.0598. The van der Waals surface area contributed by atoms with Crippen LogP contribution in [-0.2, 0) is 9.84 Å². The summed E-state index contributed by atoms with van der Waals surface area (Å²) in [5, 5.41) is 8.49. The third-order valence-corrected chi connectivity index (χ3v) is 6.39. The van der Waals surface area contributed by atoms with E-state index in [1.54, 1.807) is 24.3 Å². The zero-order chi connectivity index (χ0) is 15.9. The van der Waals surface area contributed by atoms with Gasteiger partial charge in [-0.2, -0.15) is 5.26 Å². The third kappa shape index (κ3) is 2.61. The second kappa shape index (κ2) is 5.40. The highest BCUT2D eigenvalue weighted by Gasteiger charge is 2.45. The van der Waals surface area contributed by atoms with Crippen molar-refractivity contribution in [3.8, 4) is 6.07 Å². The van der Waals surface area contributed by atoms with Crippen LogP contribution < -0.4 is 0 Å². The molecule has 22 heavy (non-hydrogen) atoms. The Morgan fingerprint density at radius 1 is 1.18 bits per heavy atom. The summed E-state index contributed by atoms with van der Waals surface area (Å²) in [5.41, 5.74) is 1.09. The number of benzene rings is 1. The highest BCUT2D eigenvalue weighted by molar-refractivity contribution is 7.91. The molecule has 2 atom stereocenters. The van der Waals surface area contributed by atoms with Gasteiger partial charge in [0.15, 0.2) is 0 Å². The van der Waals surface area contributed by atoms with Crippen LogP contribution in [0, 0.1) is 11.3 Å². The minimum atomic E-state index is -3.05. The van der Waals surface area contributed by atoms with Gasteiger partial charge in [-0.05, 0) is 49.9 Å². The van der Waals surface area contributed by atoms with Gasteiger partial charge in [-0.1, -0.05) is 0 Å². The topological polar surface area (TPSA) is 78.2 Å². The Morgan fingerprint density at radius 2 is 1.73 bits per heavy atom. The fraction of sp³-hybridized carbons (Fsp3) is 0.500. The molecule has 1 aromatic carbocycles. The lowest BCUT2D eigenvalue weighted by Crippen LogP contribution is -2.49. The van der Waals surface area contributed by atoms with Crippen molar-refractivity contribution in [1.29, 1.82) is 5.26 Å². The molecule has 0 spiro atoms. The highest BCUT2D eigenvalue weighted by atomic mass is 32.2. The largest absolute Gasteiger partial charge is 0.333 e. The van der Waals surface area contributed by atoms with Crippen LogP contribution in [0.15, 0.2) is 24.3 Å². The average molecular weight is 318 g/mol. The number of piperidine rings is 1. The molecule has 2 saturated heterocycles. The van der Waals surface area contributed by atoms with E-state index >= 15 is 0 Å². The summed E-state index contributed by atoms with van der Waals surface area (Å²) in [6, 6.07) is 8.68. The van der Waals surface area contributed by atoms with E-state index in [2.05, 4.69) is 0 Å². The van der Waals surface area contributed by atoms with Crippen molar-refractivity contribution in [2.45, 2.75) is 43.0 Å². The average Bonchev–Trinajstić information content (AvgIpc) is 2.75. The molecule has 0 radical (unpaired) electrons. The number of rotatable bonds is 2. The number of hydrogen-bond donors (Lipinski definition) is 0. The Labute approximate surface area is 130 Å². The number of carbonyl (C=O) groups excluding carboxylic acids is 1. The maximum Gasteiger partial charge on any atom is 0.254 e. The third-order valence-electron chi connectivity index (χ3n) is 4.79. The van der Waals surface area contributed by atoms with E-state index < -0.39 is 9.84 Å². The van der Waals surface area contributed by atoms with E-state index in [-0.39, 0.29) is 23.2 Å². The van der Waals surface area contributed by atoms with Crippen LogP contribution in [0.3, 0.4) is 0 Å². The van der Waals surface area contributed by atoms with Gasteiger partial charge >= 0.3 is 0 Å². The van der Waals surface area contributed by atoms with Crippen LogP contribution in [0.2, 0.25) is 0 Å². The number of sulfone groups is 1. The summed E-state index contributed by atoms with van der Waals surface area (Å²) in [5.74, 6) is -0.0519. The van der Waals surface area contributed by atoms with Crippen molar-refractivity contribution in [3.63, 3.8) is 0 Å². The van der Waals surface area contributed by atoms with E-state index in [0.717, 1.165) is 12.8 Å². The maximum absolute atomic E-state index is 12.7. The summed E-state index contributed by atoms with van der Waals surface area (Å²) >= 11 is 0. The van der Waals surface area contributed by atoms with E-state index in [1.807, 2.05) is 11.0 Å². The summed E-state index contributed by atoms with van der Waals surface area (Å²) < 4.78 is 23.6. The molecule has 0 aromatic heterocycles. The molecule has 0 saturated carbocycles. The predicted octanol–water partition coefficient (Wildman–Crippen LogP) is 1.74. The SMILES string of the molecule is CS(=O)(=O)C1CC2CCC(C1)N2C(=O)c1ccc(C#N)cc1. The molecule has 0 aliphatic carbocycles. The Balaban J connectivity index is 1.81. The number of hydrogen-bond acceptors (Lipinski definition) is 4. The standard InChI is InChI=1S/C16H18N2O3S/c1-22(20,21)15-8-13-6-7-14(9-15)18(13)16(19)12-4-2-11(10-17)3-5-12/h2-5,13-15H,6-9H2,1H3. The number of fused-ring (bicyclic) bond motifs is 2. The number of nitriles is 1. The molecule has 2 aliphatic heterocycles. The van der Waals surface area contributed by atoms with Gasteiger partial charge in [0.1, 0.15) is 9.84 Å². The zero-order valence-electron chi connectivity index (χ0n) is 12.4. The molecule has 2 unspecified atom stereocenters. The molecule has 2 fully saturated rings. The monoisotopic (exact) mass is 318 g/mol. The normalized spacial score (nSPS) is 27.5. The van der Waals surface area contributed by atoms with Crippen molar-refractivity contribution >= 4 is 15.7 Å². The van der Waals surface area contributed by atoms with Crippen LogP contribution in [0.5, 0.6) is 0 Å². The molecule has 2 aliphatic rings. The Morgan fingerprint density at radius 3 is 2.18 bits per heavy atom. The van der Waals surface area contributed by atoms with Gasteiger partial charge in [0.05, 0.1) is 16.9 Å². The van der Waals surface area contributed by atoms with Crippen LogP contribution >= 0.6 is 0 Å². The first-order valence-corrected chi connectivity index (χ1v) is 9.37. The zero-order valence-corrected chi connectivity index (χ0v) is 13.2. The van der Waals surface area contributed by atoms with Gasteiger partial charge in [0.2, 0.25) is 0 Å². The van der Waals surface area contributed by atoms with Gasteiger partial charge in [-0.3, -0.25) is 4.79 Å². The molecular formula is C16H18N2O3S. The Kier molecular flexibility index (Phi) is 3.69. The molecule has 6 heteroatoms. The van der Waals surface area contributed by atoms with Crippen molar-refractivity contribution < 1.29 is 13.2 Å². The molecule has 1 aromatic rings. The Hall–Kier alpha value is -1.87. The second-order valence-electron chi connectivity index (χ2n) is 6.21. The summed E-state index contributed by atoms with van der Waals surface area (Å²) in [4.78, 5) is 14.6. The van der Waals surface area contributed by atoms with Gasteiger partial charge in [0.25, 0.3) is 5.91 Å². The minimum absolute atomic E-state index is 0.0154. The van der Waals surface area contributed by atoms with Gasteiger partial charge in [-0.15, -0.1) is 0 Å². The molecule has 1 amide bonds. The minimum Gasteiger partial charge on any atom is -0.333 e. The first-order valence-electron chi connectivity index (χ1n) is 7.42. The van der Waals surface area contributed by atoms with Crippen molar-refractivity contribution in [2.75, 3.05) is 6.26 Å². The van der Waals surface area contributed by atoms with Crippen LogP contribution in [0.25, 0.3) is 0 Å². The van der Waals surface area contributed by atoms with Gasteiger partial charge in [-0.25, -0.2) is 8.42 Å². The van der Waals surface area contributed by atoms with E-state index in [0.29, 0.717) is 24.0 Å². The molecular weight excluding hydrogens is 300 g/mol. The Bertz CT molecular complexity index is 720. The predicted molar refractivity (Wildman–Crippen MR) is 82.0 cm³/mol. The smallest absolute Gasteiger partial charge is 0.254 e. The second-order valence-corrected chi connectivity index (χ2v) is 8.54. The number of amides is 1. The highest BCUT2D eigenvalue weighted by Crippen LogP contribution is 2.38. The first-order chi connectivity index (χ1) is 10.4. The number of nitrogens with zero attached hydrogens (tertiary/aromatic N) is 2.